The predicted molar refractivity (Wildman–Crippen MR) is 96.6 cm³/mol. The molecule has 7 heteroatoms. The first-order valence-corrected chi connectivity index (χ1v) is 9.14. The van der Waals surface area contributed by atoms with Gasteiger partial charge in [-0.2, -0.15) is 20.1 Å². The molecule has 0 N–H and O–H groups in total. The summed E-state index contributed by atoms with van der Waals surface area (Å²) in [6.45, 7) is -2.42. The number of carbonyl (C=O) groups is 1. The molecular weight excluding hydrogens is 360 g/mol. The average molecular weight is 379 g/mol. The molecule has 138 valence electrons. The molecule has 0 bridgehead atoms. The molecule has 0 atom stereocenters. The highest BCUT2D eigenvalue weighted by Crippen LogP contribution is 2.34. The van der Waals surface area contributed by atoms with Gasteiger partial charge in [-0.15, -0.1) is 0 Å². The number of alkyl halides is 2. The first-order chi connectivity index (χ1) is 12.6. The van der Waals surface area contributed by atoms with E-state index >= 15 is 0 Å². The van der Waals surface area contributed by atoms with Crippen molar-refractivity contribution in [1.82, 2.24) is 4.90 Å². The van der Waals surface area contributed by atoms with Crippen molar-refractivity contribution in [3.05, 3.63) is 52.2 Å². The topological polar surface area (TPSA) is 38.8 Å². The largest absolute Gasteiger partial charge is 0.493 e. The van der Waals surface area contributed by atoms with Crippen LogP contribution in [0.5, 0.6) is 11.5 Å². The molecule has 2 aromatic rings. The summed E-state index contributed by atoms with van der Waals surface area (Å²) in [5, 5.41) is 3.99. The smallest absolute Gasteiger partial charge is 0.387 e. The van der Waals surface area contributed by atoms with Gasteiger partial charge < -0.3 is 14.4 Å². The molecule has 0 saturated heterocycles. The van der Waals surface area contributed by atoms with Crippen LogP contribution in [0.3, 0.4) is 0 Å². The van der Waals surface area contributed by atoms with E-state index in [4.69, 9.17) is 4.74 Å². The van der Waals surface area contributed by atoms with Crippen LogP contribution in [0.1, 0.15) is 24.0 Å². The summed E-state index contributed by atoms with van der Waals surface area (Å²) in [6.07, 6.45) is 4.87. The second-order valence-corrected chi connectivity index (χ2v) is 6.70. The van der Waals surface area contributed by atoms with Crippen LogP contribution in [0.25, 0.3) is 6.08 Å². The van der Waals surface area contributed by atoms with E-state index in [0.29, 0.717) is 12.1 Å². The maximum Gasteiger partial charge on any atom is 0.387 e. The van der Waals surface area contributed by atoms with Crippen LogP contribution in [0.15, 0.2) is 41.1 Å². The minimum Gasteiger partial charge on any atom is -0.493 e. The van der Waals surface area contributed by atoms with Gasteiger partial charge in [0.25, 0.3) is 0 Å². The molecule has 1 saturated carbocycles. The van der Waals surface area contributed by atoms with Crippen molar-refractivity contribution in [2.45, 2.75) is 32.0 Å². The lowest BCUT2D eigenvalue weighted by Crippen LogP contribution is -2.30. The Morgan fingerprint density at radius 3 is 2.81 bits per heavy atom. The first kappa shape index (κ1) is 18.4. The Morgan fingerprint density at radius 2 is 2.19 bits per heavy atom. The van der Waals surface area contributed by atoms with Gasteiger partial charge >= 0.3 is 6.61 Å². The maximum absolute atomic E-state index is 12.7. The van der Waals surface area contributed by atoms with E-state index in [2.05, 4.69) is 4.74 Å². The Morgan fingerprint density at radius 1 is 1.38 bits per heavy atom. The Hall–Kier alpha value is -2.41. The third-order valence-electron chi connectivity index (χ3n) is 4.05. The van der Waals surface area contributed by atoms with Crippen molar-refractivity contribution in [2.24, 2.45) is 0 Å². The van der Waals surface area contributed by atoms with E-state index in [-0.39, 0.29) is 23.4 Å². The molecule has 1 aliphatic rings. The number of benzene rings is 1. The monoisotopic (exact) mass is 379 g/mol. The number of rotatable bonds is 8. The van der Waals surface area contributed by atoms with E-state index in [9.17, 15) is 13.6 Å². The molecule has 3 rings (SSSR count). The third kappa shape index (κ3) is 4.60. The zero-order valence-corrected chi connectivity index (χ0v) is 15.0. The molecule has 1 aromatic carbocycles. The summed E-state index contributed by atoms with van der Waals surface area (Å²) in [6, 6.07) is 7.03. The highest BCUT2D eigenvalue weighted by molar-refractivity contribution is 7.07. The SMILES string of the molecule is COc1cccc(/C=C/C(=O)N(Cc2ccsc2)C2CC2)c1OC(F)F. The summed E-state index contributed by atoms with van der Waals surface area (Å²) >= 11 is 1.59. The van der Waals surface area contributed by atoms with Gasteiger partial charge in [-0.05, 0) is 47.4 Å². The molecule has 0 unspecified atom stereocenters. The van der Waals surface area contributed by atoms with Gasteiger partial charge in [0.15, 0.2) is 11.5 Å². The lowest BCUT2D eigenvalue weighted by Gasteiger charge is -2.20. The molecule has 1 amide bonds. The Labute approximate surface area is 154 Å². The van der Waals surface area contributed by atoms with Crippen molar-refractivity contribution >= 4 is 23.3 Å². The number of hydrogen-bond donors (Lipinski definition) is 0. The molecular formula is C19H19F2NO3S. The second-order valence-electron chi connectivity index (χ2n) is 5.92. The van der Waals surface area contributed by atoms with Gasteiger partial charge in [0.1, 0.15) is 0 Å². The average Bonchev–Trinajstić information content (AvgIpc) is 3.33. The van der Waals surface area contributed by atoms with Crippen molar-refractivity contribution in [3.8, 4) is 11.5 Å². The van der Waals surface area contributed by atoms with Gasteiger partial charge in [-0.3, -0.25) is 4.79 Å². The molecule has 0 aliphatic heterocycles. The van der Waals surface area contributed by atoms with Crippen LogP contribution in [-0.2, 0) is 11.3 Å². The van der Waals surface area contributed by atoms with Crippen LogP contribution in [0.4, 0.5) is 8.78 Å². The summed E-state index contributed by atoms with van der Waals surface area (Å²) < 4.78 is 35.0. The third-order valence-corrected chi connectivity index (χ3v) is 4.78. The fraction of sp³-hybridized carbons (Fsp3) is 0.316. The molecule has 1 aromatic heterocycles. The highest BCUT2D eigenvalue weighted by Gasteiger charge is 2.31. The van der Waals surface area contributed by atoms with E-state index in [1.165, 1.54) is 25.3 Å². The minimum absolute atomic E-state index is 0.0788. The zero-order chi connectivity index (χ0) is 18.5. The van der Waals surface area contributed by atoms with Gasteiger partial charge in [0.05, 0.1) is 7.11 Å². The molecule has 26 heavy (non-hydrogen) atoms. The number of nitrogens with zero attached hydrogens (tertiary/aromatic N) is 1. The lowest BCUT2D eigenvalue weighted by atomic mass is 10.1. The van der Waals surface area contributed by atoms with E-state index in [0.717, 1.165) is 18.4 Å². The van der Waals surface area contributed by atoms with Gasteiger partial charge in [0, 0.05) is 24.2 Å². The summed E-state index contributed by atoms with van der Waals surface area (Å²) in [5.41, 5.74) is 1.45. The van der Waals surface area contributed by atoms with Crippen molar-refractivity contribution in [1.29, 1.82) is 0 Å². The Bertz CT molecular complexity index is 773. The van der Waals surface area contributed by atoms with Crippen molar-refractivity contribution < 1.29 is 23.0 Å². The number of thiophene rings is 1. The predicted octanol–water partition coefficient (Wildman–Crippen LogP) is 4.56. The van der Waals surface area contributed by atoms with Crippen LogP contribution in [0, 0.1) is 0 Å². The second kappa shape index (κ2) is 8.31. The maximum atomic E-state index is 12.7. The van der Waals surface area contributed by atoms with E-state index in [1.807, 2.05) is 21.7 Å². The van der Waals surface area contributed by atoms with Gasteiger partial charge in [-0.25, -0.2) is 0 Å². The molecule has 0 radical (unpaired) electrons. The van der Waals surface area contributed by atoms with Crippen molar-refractivity contribution in [2.75, 3.05) is 7.11 Å². The molecule has 1 aliphatic carbocycles. The van der Waals surface area contributed by atoms with Crippen LogP contribution < -0.4 is 9.47 Å². The van der Waals surface area contributed by atoms with Gasteiger partial charge in [0.2, 0.25) is 5.91 Å². The van der Waals surface area contributed by atoms with E-state index < -0.39 is 6.61 Å². The standard InChI is InChI=1S/C19H19F2NO3S/c1-24-16-4-2-3-14(18(16)25-19(20)21)5-8-17(23)22(15-6-7-15)11-13-9-10-26-12-13/h2-5,8-10,12,15,19H,6-7,11H2,1H3/b8-5+. The number of carbonyl (C=O) groups excluding carboxylic acids is 1. The van der Waals surface area contributed by atoms with Crippen LogP contribution in [0.2, 0.25) is 0 Å². The summed E-state index contributed by atoms with van der Waals surface area (Å²) in [7, 11) is 1.38. The lowest BCUT2D eigenvalue weighted by molar-refractivity contribution is -0.127. The normalized spacial score (nSPS) is 14.0. The fourth-order valence-electron chi connectivity index (χ4n) is 2.65. The first-order valence-electron chi connectivity index (χ1n) is 8.20. The molecule has 1 fully saturated rings. The summed E-state index contributed by atoms with van der Waals surface area (Å²) in [4.78, 5) is 14.4. The quantitative estimate of drug-likeness (QED) is 0.631. The minimum atomic E-state index is -2.98. The van der Waals surface area contributed by atoms with E-state index in [1.54, 1.807) is 23.5 Å². The number of hydrogen-bond acceptors (Lipinski definition) is 4. The number of para-hydroxylation sites is 1. The zero-order valence-electron chi connectivity index (χ0n) is 14.2. The molecule has 4 nitrogen and oxygen atoms in total. The Balaban J connectivity index is 1.78. The number of amides is 1. The van der Waals surface area contributed by atoms with Crippen LogP contribution >= 0.6 is 11.3 Å². The van der Waals surface area contributed by atoms with Crippen molar-refractivity contribution in [3.63, 3.8) is 0 Å². The number of methoxy groups -OCH3 is 1. The van der Waals surface area contributed by atoms with Crippen LogP contribution in [-0.4, -0.2) is 30.6 Å². The Kier molecular flexibility index (Phi) is 5.88. The fourth-order valence-corrected chi connectivity index (χ4v) is 3.31. The molecule has 1 heterocycles. The number of halogens is 2. The van der Waals surface area contributed by atoms with Gasteiger partial charge in [-0.1, -0.05) is 12.1 Å². The highest BCUT2D eigenvalue weighted by atomic mass is 32.1. The molecule has 0 spiro atoms. The summed E-state index contributed by atoms with van der Waals surface area (Å²) in [5.74, 6) is -0.0356. The number of ether oxygens (including phenoxy) is 2.